The van der Waals surface area contributed by atoms with Crippen LogP contribution >= 0.6 is 0 Å². The zero-order valence-corrected chi connectivity index (χ0v) is 15.9. The minimum Gasteiger partial charge on any atom is -0.445 e. The van der Waals surface area contributed by atoms with Crippen LogP contribution in [0.5, 0.6) is 0 Å². The Kier molecular flexibility index (Phi) is 6.85. The van der Waals surface area contributed by atoms with E-state index in [2.05, 4.69) is 5.32 Å². The molecule has 2 atom stereocenters. The zero-order chi connectivity index (χ0) is 19.2. The molecule has 0 bridgehead atoms. The number of rotatable bonds is 4. The zero-order valence-electron chi connectivity index (χ0n) is 15.9. The van der Waals surface area contributed by atoms with Gasteiger partial charge in [-0.05, 0) is 32.8 Å². The number of hydrogen-bond donors (Lipinski definition) is 1. The molecule has 1 aliphatic rings. The van der Waals surface area contributed by atoms with Gasteiger partial charge in [0, 0.05) is 13.7 Å². The Bertz CT molecular complexity index is 600. The van der Waals surface area contributed by atoms with Crippen molar-refractivity contribution in [2.75, 3.05) is 20.2 Å². The molecule has 1 aromatic carbocycles. The Labute approximate surface area is 154 Å². The summed E-state index contributed by atoms with van der Waals surface area (Å²) in [6, 6.07) is 9.24. The third-order valence-electron chi connectivity index (χ3n) is 3.93. The summed E-state index contributed by atoms with van der Waals surface area (Å²) in [7, 11) is 1.59. The predicted octanol–water partition coefficient (Wildman–Crippen LogP) is 2.94. The lowest BCUT2D eigenvalue weighted by molar-refractivity contribution is 0.00546. The molecule has 0 aromatic heterocycles. The van der Waals surface area contributed by atoms with Gasteiger partial charge in [-0.3, -0.25) is 0 Å². The van der Waals surface area contributed by atoms with Crippen LogP contribution in [0.4, 0.5) is 9.59 Å². The van der Waals surface area contributed by atoms with E-state index >= 15 is 0 Å². The summed E-state index contributed by atoms with van der Waals surface area (Å²) in [4.78, 5) is 26.0. The van der Waals surface area contributed by atoms with Crippen LogP contribution in [0.1, 0.15) is 32.8 Å². The Balaban J connectivity index is 1.90. The summed E-state index contributed by atoms with van der Waals surface area (Å²) in [5, 5.41) is 2.81. The quantitative estimate of drug-likeness (QED) is 0.889. The van der Waals surface area contributed by atoms with Crippen molar-refractivity contribution in [1.82, 2.24) is 10.2 Å². The van der Waals surface area contributed by atoms with E-state index in [-0.39, 0.29) is 18.8 Å². The maximum absolute atomic E-state index is 12.4. The Morgan fingerprint density at radius 3 is 2.50 bits per heavy atom. The molecule has 1 heterocycles. The van der Waals surface area contributed by atoms with E-state index in [1.54, 1.807) is 32.8 Å². The molecule has 0 radical (unpaired) electrons. The summed E-state index contributed by atoms with van der Waals surface area (Å²) in [5.41, 5.74) is 0.345. The van der Waals surface area contributed by atoms with Crippen LogP contribution in [0.3, 0.4) is 0 Å². The van der Waals surface area contributed by atoms with E-state index in [0.29, 0.717) is 19.5 Å². The van der Waals surface area contributed by atoms with E-state index in [1.807, 2.05) is 30.3 Å². The third-order valence-corrected chi connectivity index (χ3v) is 3.93. The minimum atomic E-state index is -0.576. The molecule has 1 aromatic rings. The Morgan fingerprint density at radius 1 is 1.19 bits per heavy atom. The molecular weight excluding hydrogens is 336 g/mol. The molecule has 26 heavy (non-hydrogen) atoms. The smallest absolute Gasteiger partial charge is 0.410 e. The second kappa shape index (κ2) is 8.89. The lowest BCUT2D eigenvalue weighted by Gasteiger charge is -2.36. The van der Waals surface area contributed by atoms with Crippen molar-refractivity contribution in [2.24, 2.45) is 0 Å². The van der Waals surface area contributed by atoms with E-state index in [1.165, 1.54) is 0 Å². The number of likely N-dealkylation sites (tertiary alicyclic amines) is 1. The molecule has 1 saturated heterocycles. The van der Waals surface area contributed by atoms with Crippen LogP contribution in [0.2, 0.25) is 0 Å². The number of nitrogens with zero attached hydrogens (tertiary/aromatic N) is 1. The van der Waals surface area contributed by atoms with Crippen LogP contribution in [-0.4, -0.2) is 55.0 Å². The molecule has 1 N–H and O–H groups in total. The fourth-order valence-electron chi connectivity index (χ4n) is 2.76. The number of nitrogens with one attached hydrogen (secondary N) is 1. The van der Waals surface area contributed by atoms with Gasteiger partial charge >= 0.3 is 12.2 Å². The van der Waals surface area contributed by atoms with Gasteiger partial charge in [0.05, 0.1) is 18.7 Å². The summed E-state index contributed by atoms with van der Waals surface area (Å²) in [6.45, 7) is 6.40. The highest BCUT2D eigenvalue weighted by Crippen LogP contribution is 2.16. The van der Waals surface area contributed by atoms with Crippen molar-refractivity contribution in [3.05, 3.63) is 35.9 Å². The van der Waals surface area contributed by atoms with Gasteiger partial charge in [-0.15, -0.1) is 0 Å². The van der Waals surface area contributed by atoms with Gasteiger partial charge in [0.25, 0.3) is 0 Å². The minimum absolute atomic E-state index is 0.173. The van der Waals surface area contributed by atoms with Gasteiger partial charge in [-0.1, -0.05) is 30.3 Å². The molecule has 7 nitrogen and oxygen atoms in total. The van der Waals surface area contributed by atoms with Gasteiger partial charge < -0.3 is 24.4 Å². The van der Waals surface area contributed by atoms with Crippen molar-refractivity contribution >= 4 is 12.2 Å². The Hall–Kier alpha value is -2.28. The maximum atomic E-state index is 12.4. The first-order valence-electron chi connectivity index (χ1n) is 8.75. The van der Waals surface area contributed by atoms with Crippen molar-refractivity contribution in [2.45, 2.75) is 51.5 Å². The number of alkyl carbamates (subject to hydrolysis) is 1. The molecule has 1 fully saturated rings. The highest BCUT2D eigenvalue weighted by molar-refractivity contribution is 5.69. The van der Waals surface area contributed by atoms with Gasteiger partial charge in [-0.25, -0.2) is 9.59 Å². The molecular formula is C19H28N2O5. The standard InChI is InChI=1S/C19H28N2O5/c1-19(2,3)26-17(22)20-15-10-16(24-4)12-21(11-15)18(23)25-13-14-8-6-5-7-9-14/h5-9,15-16H,10-13H2,1-4H3,(H,20,22)/t15-,16-/m1/s1. The first-order valence-corrected chi connectivity index (χ1v) is 8.75. The van der Waals surface area contributed by atoms with Crippen LogP contribution in [0.25, 0.3) is 0 Å². The largest absolute Gasteiger partial charge is 0.445 e. The monoisotopic (exact) mass is 364 g/mol. The highest BCUT2D eigenvalue weighted by Gasteiger charge is 2.32. The van der Waals surface area contributed by atoms with Gasteiger partial charge in [0.15, 0.2) is 0 Å². The normalized spacial score (nSPS) is 20.4. The number of amides is 2. The molecule has 1 aliphatic heterocycles. The second-order valence-electron chi connectivity index (χ2n) is 7.38. The number of hydrogen-bond acceptors (Lipinski definition) is 5. The number of carbonyl (C=O) groups is 2. The van der Waals surface area contributed by atoms with Crippen LogP contribution in [0.15, 0.2) is 30.3 Å². The highest BCUT2D eigenvalue weighted by atomic mass is 16.6. The number of piperidine rings is 1. The summed E-state index contributed by atoms with van der Waals surface area (Å²) in [5.74, 6) is 0. The van der Waals surface area contributed by atoms with E-state index in [9.17, 15) is 9.59 Å². The van der Waals surface area contributed by atoms with Gasteiger partial charge in [0.1, 0.15) is 12.2 Å². The van der Waals surface area contributed by atoms with Crippen molar-refractivity contribution < 1.29 is 23.8 Å². The van der Waals surface area contributed by atoms with Crippen LogP contribution in [0, 0.1) is 0 Å². The van der Waals surface area contributed by atoms with E-state index in [0.717, 1.165) is 5.56 Å². The molecule has 2 amide bonds. The Morgan fingerprint density at radius 2 is 1.88 bits per heavy atom. The summed E-state index contributed by atoms with van der Waals surface area (Å²) < 4.78 is 16.1. The lowest BCUT2D eigenvalue weighted by atomic mass is 10.0. The SMILES string of the molecule is CO[C@@H]1C[C@@H](NC(=O)OC(C)(C)C)CN(C(=O)OCc2ccccc2)C1. The van der Waals surface area contributed by atoms with Gasteiger partial charge in [-0.2, -0.15) is 0 Å². The first kappa shape index (κ1) is 20.0. The van der Waals surface area contributed by atoms with E-state index < -0.39 is 17.8 Å². The molecule has 0 spiro atoms. The molecule has 0 unspecified atom stereocenters. The number of methoxy groups -OCH3 is 1. The van der Waals surface area contributed by atoms with Crippen LogP contribution in [-0.2, 0) is 20.8 Å². The number of carbonyl (C=O) groups excluding carboxylic acids is 2. The summed E-state index contributed by atoms with van der Waals surface area (Å²) >= 11 is 0. The van der Waals surface area contributed by atoms with Crippen LogP contribution < -0.4 is 5.32 Å². The molecule has 0 aliphatic carbocycles. The number of ether oxygens (including phenoxy) is 3. The third kappa shape index (κ3) is 6.55. The number of benzene rings is 1. The molecule has 7 heteroatoms. The fourth-order valence-corrected chi connectivity index (χ4v) is 2.76. The second-order valence-corrected chi connectivity index (χ2v) is 7.38. The molecule has 144 valence electrons. The topological polar surface area (TPSA) is 77.1 Å². The van der Waals surface area contributed by atoms with Gasteiger partial charge in [0.2, 0.25) is 0 Å². The van der Waals surface area contributed by atoms with Crippen molar-refractivity contribution in [3.8, 4) is 0 Å². The van der Waals surface area contributed by atoms with Crippen molar-refractivity contribution in [3.63, 3.8) is 0 Å². The molecule has 2 rings (SSSR count). The average Bonchev–Trinajstić information content (AvgIpc) is 2.58. The maximum Gasteiger partial charge on any atom is 0.410 e. The van der Waals surface area contributed by atoms with Crippen molar-refractivity contribution in [1.29, 1.82) is 0 Å². The first-order chi connectivity index (χ1) is 12.3. The average molecular weight is 364 g/mol. The van der Waals surface area contributed by atoms with E-state index in [4.69, 9.17) is 14.2 Å². The summed E-state index contributed by atoms with van der Waals surface area (Å²) in [6.07, 6.45) is -0.491. The predicted molar refractivity (Wildman–Crippen MR) is 96.8 cm³/mol. The molecule has 0 saturated carbocycles. The lowest BCUT2D eigenvalue weighted by Crippen LogP contribution is -2.55. The fraction of sp³-hybridized carbons (Fsp3) is 0.579.